The monoisotopic (exact) mass is 504 g/mol. The van der Waals surface area contributed by atoms with Gasteiger partial charge in [-0.15, -0.1) is 0 Å². The van der Waals surface area contributed by atoms with E-state index in [1.165, 1.54) is 0 Å². The zero-order valence-corrected chi connectivity index (χ0v) is 22.7. The van der Waals surface area contributed by atoms with Gasteiger partial charge in [0.05, 0.1) is 24.2 Å². The molecule has 2 rings (SSSR count). The highest BCUT2D eigenvalue weighted by atomic mass is 32.2. The highest BCUT2D eigenvalue weighted by Crippen LogP contribution is 2.39. The van der Waals surface area contributed by atoms with E-state index in [9.17, 15) is 17.4 Å². The molecular formula is C21H36N2O6S2Si. The van der Waals surface area contributed by atoms with Crippen LogP contribution in [0.2, 0.25) is 25.7 Å². The summed E-state index contributed by atoms with van der Waals surface area (Å²) in [5.74, 6) is -0.692. The van der Waals surface area contributed by atoms with Gasteiger partial charge in [0.15, 0.2) is 0 Å². The van der Waals surface area contributed by atoms with Crippen LogP contribution in [0.3, 0.4) is 0 Å². The predicted molar refractivity (Wildman–Crippen MR) is 130 cm³/mol. The number of benzene rings is 1. The predicted octanol–water partition coefficient (Wildman–Crippen LogP) is 2.68. The first-order valence-electron chi connectivity index (χ1n) is 10.5. The highest BCUT2D eigenvalue weighted by molar-refractivity contribution is 7.89. The molecule has 1 fully saturated rings. The minimum Gasteiger partial charge on any atom is -0.377 e. The van der Waals surface area contributed by atoms with Gasteiger partial charge in [0.1, 0.15) is 23.3 Å². The molecule has 11 heteroatoms. The molecule has 0 spiro atoms. The molecule has 1 heterocycles. The third-order valence-electron chi connectivity index (χ3n) is 5.05. The summed E-state index contributed by atoms with van der Waals surface area (Å²) in [6, 6.07) is 7.67. The minimum absolute atomic E-state index is 0.202. The molecule has 8 nitrogen and oxygen atoms in total. The number of nitrogens with one attached hydrogen (secondary N) is 1. The van der Waals surface area contributed by atoms with Crippen LogP contribution < -0.4 is 4.72 Å². The van der Waals surface area contributed by atoms with E-state index in [0.29, 0.717) is 19.8 Å². The van der Waals surface area contributed by atoms with E-state index >= 15 is 0 Å². The molecule has 1 aliphatic heterocycles. The lowest BCUT2D eigenvalue weighted by Crippen LogP contribution is -2.62. The largest absolute Gasteiger partial charge is 0.377 e. The van der Waals surface area contributed by atoms with E-state index in [0.717, 1.165) is 17.9 Å². The Morgan fingerprint density at radius 1 is 1.22 bits per heavy atom. The maximum atomic E-state index is 13.5. The molecule has 0 bridgehead atoms. The minimum atomic E-state index is -3.65. The van der Waals surface area contributed by atoms with E-state index in [-0.39, 0.29) is 12.3 Å². The van der Waals surface area contributed by atoms with Crippen molar-refractivity contribution < 1.29 is 26.9 Å². The zero-order valence-electron chi connectivity index (χ0n) is 20.1. The smallest absolute Gasteiger partial charge is 0.264 e. The van der Waals surface area contributed by atoms with Crippen LogP contribution in [0.1, 0.15) is 36.7 Å². The second-order valence-corrected chi connectivity index (χ2v) is 19.9. The highest BCUT2D eigenvalue weighted by Gasteiger charge is 2.50. The maximum absolute atomic E-state index is 13.5. The number of rotatable bonds is 10. The van der Waals surface area contributed by atoms with Crippen LogP contribution in [0, 0.1) is 0 Å². The molecule has 1 aliphatic rings. The SMILES string of the molecule is CC(C)(C)S(=O)N(COCC[Si](C)(C)C)C1(c2ccc(C(=O)NS(C)(=O)=O)cc2)COC1. The second kappa shape index (κ2) is 10.0. The van der Waals surface area contributed by atoms with Crippen molar-refractivity contribution in [1.82, 2.24) is 9.03 Å². The van der Waals surface area contributed by atoms with Crippen LogP contribution in [0.5, 0.6) is 0 Å². The van der Waals surface area contributed by atoms with Crippen LogP contribution in [0.15, 0.2) is 24.3 Å². The van der Waals surface area contributed by atoms with Crippen molar-refractivity contribution in [3.8, 4) is 0 Å². The van der Waals surface area contributed by atoms with Crippen LogP contribution in [0.4, 0.5) is 0 Å². The lowest BCUT2D eigenvalue weighted by Gasteiger charge is -2.50. The Morgan fingerprint density at radius 3 is 2.19 bits per heavy atom. The summed E-state index contributed by atoms with van der Waals surface area (Å²) in [5.41, 5.74) is 0.416. The Bertz CT molecular complexity index is 933. The first-order valence-corrected chi connectivity index (χ1v) is 17.2. The number of hydrogen-bond donors (Lipinski definition) is 1. The molecule has 1 aromatic carbocycles. The molecule has 0 aromatic heterocycles. The Kier molecular flexibility index (Phi) is 8.50. The molecule has 182 valence electrons. The lowest BCUT2D eigenvalue weighted by molar-refractivity contribution is -0.138. The van der Waals surface area contributed by atoms with Gasteiger partial charge >= 0.3 is 0 Å². The zero-order chi connectivity index (χ0) is 24.4. The van der Waals surface area contributed by atoms with Crippen molar-refractivity contribution >= 4 is 35.0 Å². The summed E-state index contributed by atoms with van der Waals surface area (Å²) in [5, 5.41) is 0. The average molecular weight is 505 g/mol. The number of nitrogens with zero attached hydrogens (tertiary/aromatic N) is 1. The van der Waals surface area contributed by atoms with E-state index in [1.54, 1.807) is 24.3 Å². The van der Waals surface area contributed by atoms with Crippen molar-refractivity contribution in [2.24, 2.45) is 0 Å². The summed E-state index contributed by atoms with van der Waals surface area (Å²) in [7, 11) is -6.27. The van der Waals surface area contributed by atoms with Gasteiger partial charge in [-0.05, 0) is 44.5 Å². The van der Waals surface area contributed by atoms with Crippen molar-refractivity contribution in [3.63, 3.8) is 0 Å². The molecule has 0 saturated carbocycles. The quantitative estimate of drug-likeness (QED) is 0.299. The molecular weight excluding hydrogens is 468 g/mol. The summed E-state index contributed by atoms with van der Waals surface area (Å²) in [4.78, 5) is 12.1. The average Bonchev–Trinajstić information content (AvgIpc) is 2.59. The van der Waals surface area contributed by atoms with E-state index < -0.39 is 45.3 Å². The lowest BCUT2D eigenvalue weighted by atomic mass is 9.87. The van der Waals surface area contributed by atoms with Gasteiger partial charge < -0.3 is 9.47 Å². The first kappa shape index (κ1) is 27.1. The van der Waals surface area contributed by atoms with Gasteiger partial charge in [-0.2, -0.15) is 4.31 Å². The van der Waals surface area contributed by atoms with Gasteiger partial charge in [0, 0.05) is 20.2 Å². The topological polar surface area (TPSA) is 102 Å². The van der Waals surface area contributed by atoms with Crippen LogP contribution >= 0.6 is 0 Å². The molecule has 0 aliphatic carbocycles. The molecule has 1 unspecified atom stereocenters. The van der Waals surface area contributed by atoms with Gasteiger partial charge in [-0.1, -0.05) is 31.8 Å². The summed E-state index contributed by atoms with van der Waals surface area (Å²) >= 11 is 0. The van der Waals surface area contributed by atoms with Crippen LogP contribution in [-0.2, 0) is 36.0 Å². The van der Waals surface area contributed by atoms with Crippen molar-refractivity contribution in [3.05, 3.63) is 35.4 Å². The van der Waals surface area contributed by atoms with Crippen LogP contribution in [-0.4, -0.2) is 68.5 Å². The van der Waals surface area contributed by atoms with Crippen LogP contribution in [0.25, 0.3) is 0 Å². The Morgan fingerprint density at radius 2 is 1.78 bits per heavy atom. The third kappa shape index (κ3) is 7.19. The number of carbonyl (C=O) groups excluding carboxylic acids is 1. The number of hydrogen-bond acceptors (Lipinski definition) is 6. The fraction of sp³-hybridized carbons (Fsp3) is 0.667. The first-order chi connectivity index (χ1) is 14.6. The van der Waals surface area contributed by atoms with Gasteiger partial charge in [-0.25, -0.2) is 17.3 Å². The molecule has 1 aromatic rings. The molecule has 1 amide bonds. The summed E-state index contributed by atoms with van der Waals surface area (Å²) in [6.07, 6.45) is 0.932. The van der Waals surface area contributed by atoms with Gasteiger partial charge in [0.2, 0.25) is 10.0 Å². The molecule has 32 heavy (non-hydrogen) atoms. The molecule has 1 N–H and O–H groups in total. The third-order valence-corrected chi connectivity index (χ3v) is 9.21. The normalized spacial score (nSPS) is 17.6. The Balaban J connectivity index is 2.29. The fourth-order valence-electron chi connectivity index (χ4n) is 3.10. The number of ether oxygens (including phenoxy) is 2. The number of carbonyl (C=O) groups is 1. The van der Waals surface area contributed by atoms with Crippen molar-refractivity contribution in [1.29, 1.82) is 0 Å². The standard InChI is InChI=1S/C21H36N2O6S2Si/c1-20(2,3)30(25)23(16-28-12-13-32(5,6)7)21(14-29-15-21)18-10-8-17(9-11-18)19(24)22-31(4,26)27/h8-11H,12-16H2,1-7H3,(H,22,24). The van der Waals surface area contributed by atoms with Crippen molar-refractivity contribution in [2.45, 2.75) is 56.7 Å². The number of sulfonamides is 1. The summed E-state index contributed by atoms with van der Waals surface area (Å²) in [6.45, 7) is 14.1. The van der Waals surface area contributed by atoms with Crippen molar-refractivity contribution in [2.75, 3.05) is 32.8 Å². The van der Waals surface area contributed by atoms with Gasteiger partial charge in [0.25, 0.3) is 5.91 Å². The second-order valence-electron chi connectivity index (χ2n) is 10.4. The van der Waals surface area contributed by atoms with E-state index in [2.05, 4.69) is 19.6 Å². The van der Waals surface area contributed by atoms with E-state index in [4.69, 9.17) is 9.47 Å². The number of amides is 1. The molecule has 1 atom stereocenters. The van der Waals surface area contributed by atoms with E-state index in [1.807, 2.05) is 29.8 Å². The Hall–Kier alpha value is -1.11. The fourth-order valence-corrected chi connectivity index (χ4v) is 5.67. The van der Waals surface area contributed by atoms with Gasteiger partial charge in [-0.3, -0.25) is 4.79 Å². The summed E-state index contributed by atoms with van der Waals surface area (Å²) < 4.78 is 51.0. The molecule has 0 radical (unpaired) electrons. The maximum Gasteiger partial charge on any atom is 0.264 e. The molecule has 1 saturated heterocycles. The Labute approximate surface area is 195 Å².